The fourth-order valence-corrected chi connectivity index (χ4v) is 2.21. The van der Waals surface area contributed by atoms with E-state index < -0.39 is 0 Å². The Hall–Kier alpha value is -1.77. The Labute approximate surface area is 108 Å². The second-order valence-corrected chi connectivity index (χ2v) is 4.66. The normalized spacial score (nSPS) is 10.8. The molecule has 0 atom stereocenters. The molecule has 0 saturated carbocycles. The highest BCUT2D eigenvalue weighted by molar-refractivity contribution is 5.89. The molecule has 1 N–H and O–H groups in total. The van der Waals surface area contributed by atoms with Crippen molar-refractivity contribution in [3.63, 3.8) is 0 Å². The van der Waals surface area contributed by atoms with Crippen LogP contribution in [0.4, 0.5) is 0 Å². The monoisotopic (exact) mass is 244 g/mol. The first-order valence-corrected chi connectivity index (χ1v) is 6.52. The molecule has 96 valence electrons. The van der Waals surface area contributed by atoms with Gasteiger partial charge in [-0.3, -0.25) is 4.79 Å². The van der Waals surface area contributed by atoms with Gasteiger partial charge in [0.15, 0.2) is 0 Å². The van der Waals surface area contributed by atoms with E-state index in [1.807, 2.05) is 25.4 Å². The number of nitrogens with one attached hydrogen (secondary N) is 1. The van der Waals surface area contributed by atoms with Gasteiger partial charge in [0.25, 0.3) is 0 Å². The summed E-state index contributed by atoms with van der Waals surface area (Å²) in [6.07, 6.45) is 4.66. The average molecular weight is 244 g/mol. The van der Waals surface area contributed by atoms with Crippen LogP contribution in [0.3, 0.4) is 0 Å². The van der Waals surface area contributed by atoms with Crippen LogP contribution < -0.4 is 5.32 Å². The number of para-hydroxylation sites is 1. The number of aromatic nitrogens is 1. The van der Waals surface area contributed by atoms with Crippen molar-refractivity contribution < 1.29 is 4.79 Å². The van der Waals surface area contributed by atoms with Crippen molar-refractivity contribution in [1.29, 1.82) is 0 Å². The Morgan fingerprint density at radius 1 is 1.33 bits per heavy atom. The highest BCUT2D eigenvalue weighted by atomic mass is 16.1. The van der Waals surface area contributed by atoms with Crippen LogP contribution in [0.1, 0.15) is 25.3 Å². The molecule has 1 aromatic carbocycles. The summed E-state index contributed by atoms with van der Waals surface area (Å²) in [7, 11) is 2.01. The lowest BCUT2D eigenvalue weighted by Gasteiger charge is -2.03. The van der Waals surface area contributed by atoms with Gasteiger partial charge in [-0.25, -0.2) is 0 Å². The Morgan fingerprint density at radius 2 is 2.11 bits per heavy atom. The molecule has 1 aromatic heterocycles. The van der Waals surface area contributed by atoms with Crippen molar-refractivity contribution in [1.82, 2.24) is 9.88 Å². The molecule has 0 aliphatic heterocycles. The summed E-state index contributed by atoms with van der Waals surface area (Å²) in [5.74, 6) is 0.111. The van der Waals surface area contributed by atoms with Crippen LogP contribution in [0.5, 0.6) is 0 Å². The van der Waals surface area contributed by atoms with Crippen molar-refractivity contribution >= 4 is 16.8 Å². The van der Waals surface area contributed by atoms with Gasteiger partial charge in [0.2, 0.25) is 5.91 Å². The van der Waals surface area contributed by atoms with Crippen LogP contribution in [-0.4, -0.2) is 17.0 Å². The molecule has 0 unspecified atom stereocenters. The van der Waals surface area contributed by atoms with Crippen molar-refractivity contribution in [2.75, 3.05) is 6.54 Å². The molecule has 0 aliphatic carbocycles. The molecule has 0 saturated heterocycles. The lowest BCUT2D eigenvalue weighted by Crippen LogP contribution is -2.25. The molecule has 0 aliphatic rings. The first-order valence-electron chi connectivity index (χ1n) is 6.52. The number of unbranched alkanes of at least 4 members (excludes halogenated alkanes) is 1. The Morgan fingerprint density at radius 3 is 2.89 bits per heavy atom. The summed E-state index contributed by atoms with van der Waals surface area (Å²) in [5, 5.41) is 4.13. The Balaban J connectivity index is 2.10. The molecule has 3 nitrogen and oxygen atoms in total. The van der Waals surface area contributed by atoms with Crippen LogP contribution in [0.25, 0.3) is 10.9 Å². The number of benzene rings is 1. The van der Waals surface area contributed by atoms with Gasteiger partial charge in [0.05, 0.1) is 6.42 Å². The zero-order chi connectivity index (χ0) is 13.0. The zero-order valence-electron chi connectivity index (χ0n) is 11.1. The van der Waals surface area contributed by atoms with Crippen LogP contribution in [0.2, 0.25) is 0 Å². The van der Waals surface area contributed by atoms with Gasteiger partial charge in [-0.05, 0) is 18.1 Å². The largest absolute Gasteiger partial charge is 0.356 e. The first-order chi connectivity index (χ1) is 8.72. The van der Waals surface area contributed by atoms with Crippen LogP contribution in [0, 0.1) is 0 Å². The summed E-state index contributed by atoms with van der Waals surface area (Å²) in [6, 6.07) is 8.19. The van der Waals surface area contributed by atoms with Gasteiger partial charge in [-0.1, -0.05) is 31.5 Å². The fraction of sp³-hybridized carbons (Fsp3) is 0.400. The molecular formula is C15H20N2O. The third-order valence-electron chi connectivity index (χ3n) is 3.18. The Bertz CT molecular complexity index is 542. The van der Waals surface area contributed by atoms with Crippen LogP contribution >= 0.6 is 0 Å². The zero-order valence-corrected chi connectivity index (χ0v) is 11.1. The molecule has 0 fully saturated rings. The average Bonchev–Trinajstić information content (AvgIpc) is 2.67. The third kappa shape index (κ3) is 2.73. The number of aryl methyl sites for hydroxylation is 1. The first kappa shape index (κ1) is 12.7. The van der Waals surface area contributed by atoms with Crippen molar-refractivity contribution in [3.05, 3.63) is 36.0 Å². The minimum absolute atomic E-state index is 0.111. The number of nitrogens with zero attached hydrogens (tertiary/aromatic N) is 1. The summed E-state index contributed by atoms with van der Waals surface area (Å²) in [5.41, 5.74) is 2.27. The summed E-state index contributed by atoms with van der Waals surface area (Å²) in [6.45, 7) is 2.90. The fourth-order valence-electron chi connectivity index (χ4n) is 2.21. The summed E-state index contributed by atoms with van der Waals surface area (Å²) in [4.78, 5) is 11.8. The van der Waals surface area contributed by atoms with Crippen LogP contribution in [0.15, 0.2) is 30.5 Å². The lowest BCUT2D eigenvalue weighted by atomic mass is 10.1. The van der Waals surface area contributed by atoms with E-state index >= 15 is 0 Å². The quantitative estimate of drug-likeness (QED) is 0.806. The van der Waals surface area contributed by atoms with E-state index in [1.54, 1.807) is 0 Å². The second kappa shape index (κ2) is 5.71. The minimum Gasteiger partial charge on any atom is -0.356 e. The van der Waals surface area contributed by atoms with Crippen molar-refractivity contribution in [2.24, 2.45) is 7.05 Å². The number of rotatable bonds is 5. The number of hydrogen-bond acceptors (Lipinski definition) is 1. The van der Waals surface area contributed by atoms with E-state index in [2.05, 4.69) is 28.9 Å². The predicted octanol–water partition coefficient (Wildman–Crippen LogP) is 2.64. The van der Waals surface area contributed by atoms with Gasteiger partial charge in [-0.2, -0.15) is 0 Å². The number of carbonyl (C=O) groups excluding carboxylic acids is 1. The van der Waals surface area contributed by atoms with E-state index in [4.69, 9.17) is 0 Å². The van der Waals surface area contributed by atoms with E-state index in [0.29, 0.717) is 6.42 Å². The van der Waals surface area contributed by atoms with Crippen molar-refractivity contribution in [3.8, 4) is 0 Å². The van der Waals surface area contributed by atoms with E-state index in [9.17, 15) is 4.79 Å². The molecule has 2 aromatic rings. The summed E-state index contributed by atoms with van der Waals surface area (Å²) < 4.78 is 2.07. The molecule has 2 rings (SSSR count). The van der Waals surface area contributed by atoms with Gasteiger partial charge in [0.1, 0.15) is 0 Å². The van der Waals surface area contributed by atoms with Crippen LogP contribution in [-0.2, 0) is 18.3 Å². The highest BCUT2D eigenvalue weighted by Gasteiger charge is 2.09. The molecule has 1 amide bonds. The van der Waals surface area contributed by atoms with E-state index in [-0.39, 0.29) is 5.91 Å². The molecule has 3 heteroatoms. The van der Waals surface area contributed by atoms with Gasteiger partial charge < -0.3 is 9.88 Å². The van der Waals surface area contributed by atoms with Gasteiger partial charge in [-0.15, -0.1) is 0 Å². The SMILES string of the molecule is CCCCNC(=O)Cc1cn(C)c2ccccc12. The number of fused-ring (bicyclic) bond motifs is 1. The number of amides is 1. The maximum absolute atomic E-state index is 11.8. The standard InChI is InChI=1S/C15H20N2O/c1-3-4-9-16-15(18)10-12-11-17(2)14-8-6-5-7-13(12)14/h5-8,11H,3-4,9-10H2,1-2H3,(H,16,18). The Kier molecular flexibility index (Phi) is 4.03. The van der Waals surface area contributed by atoms with Gasteiger partial charge >= 0.3 is 0 Å². The van der Waals surface area contributed by atoms with E-state index in [1.165, 1.54) is 10.9 Å². The maximum atomic E-state index is 11.8. The van der Waals surface area contributed by atoms with Gasteiger partial charge in [0, 0.05) is 30.7 Å². The molecule has 0 spiro atoms. The molecule has 18 heavy (non-hydrogen) atoms. The summed E-state index contributed by atoms with van der Waals surface area (Å²) >= 11 is 0. The minimum atomic E-state index is 0.111. The highest BCUT2D eigenvalue weighted by Crippen LogP contribution is 2.20. The second-order valence-electron chi connectivity index (χ2n) is 4.66. The van der Waals surface area contributed by atoms with Crippen molar-refractivity contribution in [2.45, 2.75) is 26.2 Å². The molecule has 1 heterocycles. The molecular weight excluding hydrogens is 224 g/mol. The smallest absolute Gasteiger partial charge is 0.224 e. The topological polar surface area (TPSA) is 34.0 Å². The maximum Gasteiger partial charge on any atom is 0.224 e. The van der Waals surface area contributed by atoms with E-state index in [0.717, 1.165) is 24.9 Å². The number of carbonyl (C=O) groups is 1. The lowest BCUT2D eigenvalue weighted by molar-refractivity contribution is -0.120. The number of hydrogen-bond donors (Lipinski definition) is 1. The molecule has 0 bridgehead atoms. The third-order valence-corrected chi connectivity index (χ3v) is 3.18. The molecule has 0 radical (unpaired) electrons. The predicted molar refractivity (Wildman–Crippen MR) is 74.5 cm³/mol.